The molecule has 0 aromatic heterocycles. The van der Waals surface area contributed by atoms with Crippen LogP contribution in [0.1, 0.15) is 103 Å². The molecule has 0 spiro atoms. The van der Waals surface area contributed by atoms with Gasteiger partial charge < -0.3 is 4.90 Å². The first kappa shape index (κ1) is 38.2. The molecule has 2 aromatic carbocycles. The van der Waals surface area contributed by atoms with Crippen molar-refractivity contribution in [1.29, 1.82) is 0 Å². The molecule has 2 N–H and O–H groups in total. The third kappa shape index (κ3) is 20.7. The maximum Gasteiger partial charge on any atom is 0.320 e. The summed E-state index contributed by atoms with van der Waals surface area (Å²) in [5.74, 6) is 0.992. The lowest BCUT2D eigenvalue weighted by atomic mass is 9.95. The van der Waals surface area contributed by atoms with Gasteiger partial charge in [-0.3, -0.25) is 10.5 Å². The Morgan fingerprint density at radius 3 is 1.95 bits per heavy atom. The number of benzene rings is 2. The summed E-state index contributed by atoms with van der Waals surface area (Å²) in [6, 6.07) is 14.5. The minimum atomic E-state index is -3.23. The van der Waals surface area contributed by atoms with E-state index in [2.05, 4.69) is 56.8 Å². The first-order chi connectivity index (χ1) is 19.7. The van der Waals surface area contributed by atoms with Crippen molar-refractivity contribution in [2.45, 2.75) is 105 Å². The SMILES string of the molecule is CC.CCCC(C/C=C/C(=O)N1CCCCC1)CCC.CCc1ccccc1.Cc1ccc(/C=C\C(N)(F)F)cc1. The maximum atomic E-state index is 12.2. The lowest BCUT2D eigenvalue weighted by Crippen LogP contribution is -2.34. The van der Waals surface area contributed by atoms with Crippen LogP contribution in [0.4, 0.5) is 8.78 Å². The minimum Gasteiger partial charge on any atom is -0.339 e. The van der Waals surface area contributed by atoms with Crippen molar-refractivity contribution in [1.82, 2.24) is 4.90 Å². The highest BCUT2D eigenvalue weighted by molar-refractivity contribution is 5.87. The van der Waals surface area contributed by atoms with Crippen molar-refractivity contribution in [2.24, 2.45) is 11.7 Å². The molecule has 1 aliphatic heterocycles. The fourth-order valence-electron chi connectivity index (χ4n) is 4.38. The topological polar surface area (TPSA) is 46.3 Å². The molecule has 0 bridgehead atoms. The number of halogens is 2. The first-order valence-corrected chi connectivity index (χ1v) is 15.6. The summed E-state index contributed by atoms with van der Waals surface area (Å²) in [5, 5.41) is 0. The van der Waals surface area contributed by atoms with Crippen LogP contribution in [0.2, 0.25) is 0 Å². The van der Waals surface area contributed by atoms with Crippen LogP contribution in [0.3, 0.4) is 0 Å². The number of nitrogens with two attached hydrogens (primary N) is 1. The molecule has 0 aliphatic carbocycles. The zero-order valence-electron chi connectivity index (χ0n) is 26.5. The number of piperidine rings is 1. The molecule has 2 aromatic rings. The van der Waals surface area contributed by atoms with Crippen LogP contribution in [-0.4, -0.2) is 29.9 Å². The van der Waals surface area contributed by atoms with Gasteiger partial charge in [0.15, 0.2) is 0 Å². The zero-order chi connectivity index (χ0) is 30.9. The number of allylic oxidation sites excluding steroid dienone is 1. The Morgan fingerprint density at radius 2 is 1.49 bits per heavy atom. The predicted molar refractivity (Wildman–Crippen MR) is 174 cm³/mol. The number of hydrogen-bond acceptors (Lipinski definition) is 2. The minimum absolute atomic E-state index is 0.224. The van der Waals surface area contributed by atoms with E-state index in [9.17, 15) is 13.6 Å². The quantitative estimate of drug-likeness (QED) is 0.228. The molecule has 1 aliphatic rings. The zero-order valence-corrected chi connectivity index (χ0v) is 26.5. The van der Waals surface area contributed by atoms with Gasteiger partial charge in [0, 0.05) is 19.2 Å². The summed E-state index contributed by atoms with van der Waals surface area (Å²) in [5.41, 5.74) is 7.72. The van der Waals surface area contributed by atoms with E-state index in [4.69, 9.17) is 0 Å². The lowest BCUT2D eigenvalue weighted by Gasteiger charge is -2.25. The van der Waals surface area contributed by atoms with Crippen molar-refractivity contribution in [3.63, 3.8) is 0 Å². The number of rotatable bonds is 10. The molecule has 0 atom stereocenters. The summed E-state index contributed by atoms with van der Waals surface area (Å²) in [4.78, 5) is 13.9. The second kappa shape index (κ2) is 23.9. The fraction of sp³-hybridized carbons (Fsp3) is 0.528. The summed E-state index contributed by atoms with van der Waals surface area (Å²) in [6.45, 7) is 14.5. The largest absolute Gasteiger partial charge is 0.339 e. The molecule has 3 nitrogen and oxygen atoms in total. The number of likely N-dealkylation sites (tertiary alicyclic amines) is 1. The summed E-state index contributed by atoms with van der Waals surface area (Å²) in [7, 11) is 0. The van der Waals surface area contributed by atoms with Crippen molar-refractivity contribution in [3.05, 3.63) is 89.5 Å². The van der Waals surface area contributed by atoms with Crippen molar-refractivity contribution >= 4 is 12.0 Å². The Labute approximate surface area is 249 Å². The third-order valence-electron chi connectivity index (χ3n) is 6.62. The van der Waals surface area contributed by atoms with E-state index < -0.39 is 6.05 Å². The second-order valence-electron chi connectivity index (χ2n) is 10.2. The highest BCUT2D eigenvalue weighted by Crippen LogP contribution is 2.18. The van der Waals surface area contributed by atoms with Crippen LogP contribution < -0.4 is 5.73 Å². The second-order valence-corrected chi connectivity index (χ2v) is 10.2. The predicted octanol–water partition coefficient (Wildman–Crippen LogP) is 10.00. The van der Waals surface area contributed by atoms with Gasteiger partial charge in [0.1, 0.15) is 0 Å². The number of amides is 1. The molecular weight excluding hydrogens is 514 g/mol. The number of hydrogen-bond donors (Lipinski definition) is 1. The van der Waals surface area contributed by atoms with Crippen LogP contribution in [0.25, 0.3) is 6.08 Å². The lowest BCUT2D eigenvalue weighted by molar-refractivity contribution is -0.126. The molecule has 5 heteroatoms. The molecule has 0 unspecified atom stereocenters. The molecule has 41 heavy (non-hydrogen) atoms. The highest BCUT2D eigenvalue weighted by atomic mass is 19.3. The van der Waals surface area contributed by atoms with Crippen LogP contribution in [0, 0.1) is 12.8 Å². The van der Waals surface area contributed by atoms with Gasteiger partial charge in [-0.25, -0.2) is 0 Å². The number of nitrogens with zero attached hydrogens (tertiary/aromatic N) is 1. The van der Waals surface area contributed by atoms with Gasteiger partial charge in [-0.1, -0.05) is 133 Å². The van der Waals surface area contributed by atoms with Crippen LogP contribution in [0.15, 0.2) is 72.8 Å². The van der Waals surface area contributed by atoms with E-state index in [0.29, 0.717) is 6.08 Å². The Bertz CT molecular complexity index is 938. The van der Waals surface area contributed by atoms with Gasteiger partial charge in [-0.15, -0.1) is 0 Å². The molecule has 230 valence electrons. The molecule has 3 rings (SSSR count). The van der Waals surface area contributed by atoms with Gasteiger partial charge in [0.05, 0.1) is 0 Å². The number of carbonyl (C=O) groups excluding carboxylic acids is 1. The number of carbonyl (C=O) groups is 1. The summed E-state index contributed by atoms with van der Waals surface area (Å²) in [6.07, 6.45) is 16.8. The van der Waals surface area contributed by atoms with Gasteiger partial charge in [0.2, 0.25) is 5.91 Å². The van der Waals surface area contributed by atoms with Crippen LogP contribution in [0.5, 0.6) is 0 Å². The van der Waals surface area contributed by atoms with E-state index >= 15 is 0 Å². The van der Waals surface area contributed by atoms with Crippen LogP contribution >= 0.6 is 0 Å². The number of alkyl halides is 2. The van der Waals surface area contributed by atoms with E-state index in [-0.39, 0.29) is 5.91 Å². The first-order valence-electron chi connectivity index (χ1n) is 15.6. The maximum absolute atomic E-state index is 12.2. The highest BCUT2D eigenvalue weighted by Gasteiger charge is 2.15. The van der Waals surface area contributed by atoms with Crippen LogP contribution in [-0.2, 0) is 11.2 Å². The molecular formula is C36H56F2N2O. The Hall–Kier alpha value is -2.79. The molecule has 1 fully saturated rings. The molecule has 1 saturated heterocycles. The van der Waals surface area contributed by atoms with E-state index in [1.54, 1.807) is 12.1 Å². The van der Waals surface area contributed by atoms with Gasteiger partial charge in [-0.2, -0.15) is 8.78 Å². The normalized spacial score (nSPS) is 13.2. The Kier molecular flexibility index (Phi) is 22.2. The monoisotopic (exact) mass is 570 g/mol. The molecule has 0 saturated carbocycles. The van der Waals surface area contributed by atoms with Crippen molar-refractivity contribution < 1.29 is 13.6 Å². The van der Waals surface area contributed by atoms with E-state index in [0.717, 1.165) is 43.0 Å². The standard InChI is InChI=1S/C16H29NO.C10H11F2N.C8H10.C2H6/c1-3-9-15(10-4-2)11-8-12-16(18)17-13-6-5-7-14-17;1-8-2-4-9(5-3-8)6-7-10(11,12)13;1-2-8-6-4-3-5-7-8;1-2/h8,12,15H,3-7,9-11,13-14H2,1-2H3;2-7H,13H2,1H3;3-7H,2H2,1H3;1-2H3/b12-8+;7-6-;;. The summed E-state index contributed by atoms with van der Waals surface area (Å²) >= 11 is 0. The average molecular weight is 571 g/mol. The van der Waals surface area contributed by atoms with Gasteiger partial charge >= 0.3 is 6.05 Å². The molecule has 1 heterocycles. The average Bonchev–Trinajstić information content (AvgIpc) is 2.99. The molecule has 0 radical (unpaired) electrons. The van der Waals surface area contributed by atoms with E-state index in [1.807, 2.05) is 49.9 Å². The summed E-state index contributed by atoms with van der Waals surface area (Å²) < 4.78 is 24.4. The smallest absolute Gasteiger partial charge is 0.320 e. The number of aryl methyl sites for hydroxylation is 2. The van der Waals surface area contributed by atoms with Gasteiger partial charge in [0.25, 0.3) is 0 Å². The van der Waals surface area contributed by atoms with Gasteiger partial charge in [-0.05, 0) is 62.1 Å². The van der Waals surface area contributed by atoms with Crippen molar-refractivity contribution in [2.75, 3.05) is 13.1 Å². The van der Waals surface area contributed by atoms with Crippen molar-refractivity contribution in [3.8, 4) is 0 Å². The molecule has 1 amide bonds. The van der Waals surface area contributed by atoms with E-state index in [1.165, 1.54) is 56.6 Å². The fourth-order valence-corrected chi connectivity index (χ4v) is 4.38. The Balaban J connectivity index is 0.000000606. The third-order valence-corrected chi connectivity index (χ3v) is 6.62. The Morgan fingerprint density at radius 1 is 0.927 bits per heavy atom.